The number of nitrogens with zero attached hydrogens (tertiary/aromatic N) is 4. The number of aromatic nitrogens is 3. The second-order valence-electron chi connectivity index (χ2n) is 7.08. The summed E-state index contributed by atoms with van der Waals surface area (Å²) in [5.74, 6) is 1.02. The van der Waals surface area contributed by atoms with E-state index in [1.54, 1.807) is 0 Å². The SMILES string of the molecule is CCCc1cc(C2CCCCCN2Cc2c(C)nn(C)c2C)no1. The Labute approximate surface area is 145 Å². The van der Waals surface area contributed by atoms with Crippen molar-refractivity contribution < 1.29 is 4.52 Å². The van der Waals surface area contributed by atoms with Gasteiger partial charge in [-0.15, -0.1) is 0 Å². The van der Waals surface area contributed by atoms with Crippen LogP contribution in [0.2, 0.25) is 0 Å². The summed E-state index contributed by atoms with van der Waals surface area (Å²) in [5.41, 5.74) is 4.88. The minimum absolute atomic E-state index is 0.362. The van der Waals surface area contributed by atoms with Crippen molar-refractivity contribution in [3.8, 4) is 0 Å². The molecule has 0 N–H and O–H groups in total. The molecule has 1 aliphatic heterocycles. The lowest BCUT2D eigenvalue weighted by Crippen LogP contribution is -2.28. The van der Waals surface area contributed by atoms with Crippen LogP contribution in [0.3, 0.4) is 0 Å². The molecule has 1 fully saturated rings. The van der Waals surface area contributed by atoms with Crippen LogP contribution < -0.4 is 0 Å². The molecule has 0 aliphatic carbocycles. The molecule has 3 heterocycles. The second kappa shape index (κ2) is 7.51. The normalized spacial score (nSPS) is 19.6. The minimum atomic E-state index is 0.362. The number of likely N-dealkylation sites (tertiary alicyclic amines) is 1. The van der Waals surface area contributed by atoms with Crippen molar-refractivity contribution in [3.63, 3.8) is 0 Å². The van der Waals surface area contributed by atoms with E-state index in [0.29, 0.717) is 6.04 Å². The summed E-state index contributed by atoms with van der Waals surface area (Å²) in [6.45, 7) is 8.52. The quantitative estimate of drug-likeness (QED) is 0.828. The topological polar surface area (TPSA) is 47.1 Å². The van der Waals surface area contributed by atoms with Crippen molar-refractivity contribution >= 4 is 0 Å². The van der Waals surface area contributed by atoms with Gasteiger partial charge < -0.3 is 4.52 Å². The number of hydrogen-bond acceptors (Lipinski definition) is 4. The molecule has 1 atom stereocenters. The van der Waals surface area contributed by atoms with E-state index in [2.05, 4.69) is 42.0 Å². The standard InChI is InChI=1S/C19H30N4O/c1-5-9-16-12-18(21-24-16)19-10-7-6-8-11-23(19)13-17-14(2)20-22(4)15(17)3/h12,19H,5-11,13H2,1-4H3. The molecule has 24 heavy (non-hydrogen) atoms. The van der Waals surface area contributed by atoms with Gasteiger partial charge in [0.1, 0.15) is 11.5 Å². The average molecular weight is 330 g/mol. The van der Waals surface area contributed by atoms with E-state index in [1.807, 2.05) is 11.7 Å². The van der Waals surface area contributed by atoms with Crippen molar-refractivity contribution in [3.05, 3.63) is 34.5 Å². The molecule has 1 aliphatic rings. The summed E-state index contributed by atoms with van der Waals surface area (Å²) in [6.07, 6.45) is 7.06. The van der Waals surface area contributed by atoms with Gasteiger partial charge >= 0.3 is 0 Å². The van der Waals surface area contributed by atoms with Crippen LogP contribution in [-0.4, -0.2) is 26.4 Å². The number of hydrogen-bond donors (Lipinski definition) is 0. The summed E-state index contributed by atoms with van der Waals surface area (Å²) in [7, 11) is 2.03. The van der Waals surface area contributed by atoms with Crippen molar-refractivity contribution in [2.45, 2.75) is 71.9 Å². The monoisotopic (exact) mass is 330 g/mol. The molecule has 1 saturated heterocycles. The first kappa shape index (κ1) is 17.2. The lowest BCUT2D eigenvalue weighted by atomic mass is 10.0. The van der Waals surface area contributed by atoms with E-state index in [9.17, 15) is 0 Å². The molecule has 5 heteroatoms. The predicted molar refractivity (Wildman–Crippen MR) is 94.8 cm³/mol. The molecule has 5 nitrogen and oxygen atoms in total. The van der Waals surface area contributed by atoms with Gasteiger partial charge in [0, 0.05) is 37.3 Å². The fraction of sp³-hybridized carbons (Fsp3) is 0.684. The van der Waals surface area contributed by atoms with Crippen molar-refractivity contribution in [2.24, 2.45) is 7.05 Å². The average Bonchev–Trinajstić information content (AvgIpc) is 3.00. The van der Waals surface area contributed by atoms with Gasteiger partial charge in [0.2, 0.25) is 0 Å². The molecule has 0 spiro atoms. The molecule has 2 aromatic rings. The van der Waals surface area contributed by atoms with Gasteiger partial charge in [0.15, 0.2) is 0 Å². The number of rotatable bonds is 5. The van der Waals surface area contributed by atoms with Crippen LogP contribution in [0.1, 0.15) is 73.5 Å². The van der Waals surface area contributed by atoms with E-state index in [0.717, 1.165) is 49.5 Å². The predicted octanol–water partition coefficient (Wildman–Crippen LogP) is 4.09. The Hall–Kier alpha value is -1.62. The van der Waals surface area contributed by atoms with Gasteiger partial charge in [-0.25, -0.2) is 0 Å². The van der Waals surface area contributed by atoms with Gasteiger partial charge in [-0.2, -0.15) is 5.10 Å². The molecular formula is C19H30N4O. The summed E-state index contributed by atoms with van der Waals surface area (Å²) < 4.78 is 7.55. The fourth-order valence-electron chi connectivity index (χ4n) is 3.79. The van der Waals surface area contributed by atoms with Crippen LogP contribution in [0, 0.1) is 13.8 Å². The third-order valence-electron chi connectivity index (χ3n) is 5.30. The zero-order valence-electron chi connectivity index (χ0n) is 15.5. The lowest BCUT2D eigenvalue weighted by molar-refractivity contribution is 0.183. The maximum atomic E-state index is 5.56. The van der Waals surface area contributed by atoms with Crippen LogP contribution in [0.4, 0.5) is 0 Å². The Morgan fingerprint density at radius 2 is 2.08 bits per heavy atom. The highest BCUT2D eigenvalue weighted by Crippen LogP contribution is 2.32. The zero-order valence-corrected chi connectivity index (χ0v) is 15.5. The Kier molecular flexibility index (Phi) is 5.39. The van der Waals surface area contributed by atoms with Crippen molar-refractivity contribution in [1.82, 2.24) is 19.8 Å². The second-order valence-corrected chi connectivity index (χ2v) is 7.08. The highest BCUT2D eigenvalue weighted by atomic mass is 16.5. The van der Waals surface area contributed by atoms with E-state index in [1.165, 1.54) is 30.5 Å². The number of aryl methyl sites for hydroxylation is 3. The molecule has 3 rings (SSSR count). The fourth-order valence-corrected chi connectivity index (χ4v) is 3.79. The minimum Gasteiger partial charge on any atom is -0.361 e. The molecule has 0 bridgehead atoms. The summed E-state index contributed by atoms with van der Waals surface area (Å²) in [5, 5.41) is 8.99. The Morgan fingerprint density at radius 3 is 2.79 bits per heavy atom. The summed E-state index contributed by atoms with van der Waals surface area (Å²) in [6, 6.07) is 2.54. The highest BCUT2D eigenvalue weighted by molar-refractivity contribution is 5.24. The van der Waals surface area contributed by atoms with Crippen molar-refractivity contribution in [2.75, 3.05) is 6.54 Å². The molecule has 0 amide bonds. The first-order chi connectivity index (χ1) is 11.6. The summed E-state index contributed by atoms with van der Waals surface area (Å²) >= 11 is 0. The lowest BCUT2D eigenvalue weighted by Gasteiger charge is -2.28. The maximum absolute atomic E-state index is 5.56. The molecular weight excluding hydrogens is 300 g/mol. The Bertz CT molecular complexity index is 673. The van der Waals surface area contributed by atoms with Crippen molar-refractivity contribution in [1.29, 1.82) is 0 Å². The largest absolute Gasteiger partial charge is 0.361 e. The van der Waals surface area contributed by atoms with Gasteiger partial charge in [0.25, 0.3) is 0 Å². The van der Waals surface area contributed by atoms with E-state index in [-0.39, 0.29) is 0 Å². The van der Waals surface area contributed by atoms with Gasteiger partial charge in [-0.05, 0) is 39.7 Å². The molecule has 1 unspecified atom stereocenters. The first-order valence-corrected chi connectivity index (χ1v) is 9.28. The third-order valence-corrected chi connectivity index (χ3v) is 5.30. The molecule has 0 aromatic carbocycles. The molecule has 0 saturated carbocycles. The molecule has 0 radical (unpaired) electrons. The Balaban J connectivity index is 1.84. The smallest absolute Gasteiger partial charge is 0.137 e. The van der Waals surface area contributed by atoms with Crippen LogP contribution >= 0.6 is 0 Å². The van der Waals surface area contributed by atoms with Gasteiger partial charge in [0.05, 0.1) is 11.7 Å². The van der Waals surface area contributed by atoms with Crippen LogP contribution in [-0.2, 0) is 20.0 Å². The molecule has 132 valence electrons. The molecule has 2 aromatic heterocycles. The van der Waals surface area contributed by atoms with E-state index < -0.39 is 0 Å². The van der Waals surface area contributed by atoms with Gasteiger partial charge in [-0.1, -0.05) is 24.9 Å². The van der Waals surface area contributed by atoms with Crippen LogP contribution in [0.25, 0.3) is 0 Å². The highest BCUT2D eigenvalue weighted by Gasteiger charge is 2.27. The maximum Gasteiger partial charge on any atom is 0.137 e. The van der Waals surface area contributed by atoms with Crippen LogP contribution in [0.15, 0.2) is 10.6 Å². The Morgan fingerprint density at radius 1 is 1.25 bits per heavy atom. The van der Waals surface area contributed by atoms with Crippen LogP contribution in [0.5, 0.6) is 0 Å². The first-order valence-electron chi connectivity index (χ1n) is 9.28. The van der Waals surface area contributed by atoms with E-state index >= 15 is 0 Å². The zero-order chi connectivity index (χ0) is 17.1. The summed E-state index contributed by atoms with van der Waals surface area (Å²) in [4.78, 5) is 2.58. The van der Waals surface area contributed by atoms with E-state index in [4.69, 9.17) is 4.52 Å². The third kappa shape index (κ3) is 3.56. The van der Waals surface area contributed by atoms with Gasteiger partial charge in [-0.3, -0.25) is 9.58 Å².